The summed E-state index contributed by atoms with van der Waals surface area (Å²) in [6, 6.07) is 1.37. The zero-order chi connectivity index (χ0) is 13.8. The highest BCUT2D eigenvalue weighted by Gasteiger charge is 2.06. The molecule has 2 rings (SSSR count). The lowest BCUT2D eigenvalue weighted by atomic mass is 9.69. The average molecular weight is 254 g/mol. The smallest absolute Gasteiger partial charge is 0.273 e. The summed E-state index contributed by atoms with van der Waals surface area (Å²) in [5.41, 5.74) is 7.46. The molecule has 0 aliphatic heterocycles. The fraction of sp³-hybridized carbons (Fsp3) is 0.0833. The van der Waals surface area contributed by atoms with Crippen LogP contribution in [0.4, 0.5) is 0 Å². The van der Waals surface area contributed by atoms with E-state index in [0.717, 1.165) is 5.47 Å². The first kappa shape index (κ1) is 12.9. The Labute approximate surface area is 110 Å². The van der Waals surface area contributed by atoms with Crippen molar-refractivity contribution in [1.29, 1.82) is 0 Å². The predicted molar refractivity (Wildman–Crippen MR) is 75.2 cm³/mol. The fourth-order valence-electron chi connectivity index (χ4n) is 1.45. The van der Waals surface area contributed by atoms with Crippen LogP contribution in [0.5, 0.6) is 0 Å². The highest BCUT2D eigenvalue weighted by atomic mass is 16.1. The number of hydrogen-bond acceptors (Lipinski definition) is 4. The van der Waals surface area contributed by atoms with Crippen LogP contribution in [-0.4, -0.2) is 26.9 Å². The van der Waals surface area contributed by atoms with Gasteiger partial charge in [0.2, 0.25) is 7.28 Å². The molecule has 0 aromatic carbocycles. The molecule has 7 heteroatoms. The molecule has 0 amide bonds. The third-order valence-electron chi connectivity index (χ3n) is 2.41. The molecule has 0 saturated heterocycles. The number of rotatable bonds is 4. The SMILES string of the molecule is C=C/C(N)=C\C=C(/C)[B]c1nc2nccc(=O)n2[nH]1. The minimum absolute atomic E-state index is 0.199. The van der Waals surface area contributed by atoms with Crippen molar-refractivity contribution < 1.29 is 0 Å². The number of H-pyrrole nitrogens is 1. The van der Waals surface area contributed by atoms with E-state index < -0.39 is 0 Å². The van der Waals surface area contributed by atoms with Crippen LogP contribution in [0.15, 0.2) is 53.0 Å². The Balaban J connectivity index is 2.24. The van der Waals surface area contributed by atoms with E-state index in [1.54, 1.807) is 19.4 Å². The lowest BCUT2D eigenvalue weighted by Crippen LogP contribution is -2.22. The van der Waals surface area contributed by atoms with E-state index in [1.807, 2.05) is 13.0 Å². The summed E-state index contributed by atoms with van der Waals surface area (Å²) in [5, 5.41) is 2.86. The molecule has 95 valence electrons. The Morgan fingerprint density at radius 2 is 2.37 bits per heavy atom. The van der Waals surface area contributed by atoms with Gasteiger partial charge in [0.05, 0.1) is 5.72 Å². The van der Waals surface area contributed by atoms with E-state index >= 15 is 0 Å². The van der Waals surface area contributed by atoms with E-state index in [2.05, 4.69) is 21.6 Å². The van der Waals surface area contributed by atoms with Crippen molar-refractivity contribution in [2.24, 2.45) is 5.73 Å². The van der Waals surface area contributed by atoms with Crippen LogP contribution in [0, 0.1) is 0 Å². The molecule has 0 aliphatic carbocycles. The maximum Gasteiger partial charge on any atom is 0.273 e. The summed E-state index contributed by atoms with van der Waals surface area (Å²) in [5.74, 6) is 0.340. The third-order valence-corrected chi connectivity index (χ3v) is 2.41. The van der Waals surface area contributed by atoms with Crippen LogP contribution in [0.2, 0.25) is 0 Å². The van der Waals surface area contributed by atoms with Gasteiger partial charge in [-0.15, -0.1) is 5.47 Å². The van der Waals surface area contributed by atoms with Crippen LogP contribution >= 0.6 is 0 Å². The lowest BCUT2D eigenvalue weighted by Gasteiger charge is -1.94. The van der Waals surface area contributed by atoms with Gasteiger partial charge in [0.25, 0.3) is 11.3 Å². The van der Waals surface area contributed by atoms with Gasteiger partial charge in [-0.05, 0) is 12.2 Å². The van der Waals surface area contributed by atoms with Crippen LogP contribution in [0.25, 0.3) is 5.78 Å². The molecule has 6 nitrogen and oxygen atoms in total. The summed E-state index contributed by atoms with van der Waals surface area (Å²) in [6.45, 7) is 5.46. The second kappa shape index (κ2) is 5.39. The fourth-order valence-corrected chi connectivity index (χ4v) is 1.45. The Morgan fingerprint density at radius 3 is 3.05 bits per heavy atom. The number of aromatic amines is 1. The molecule has 0 unspecified atom stereocenters. The number of nitrogens with two attached hydrogens (primary N) is 1. The van der Waals surface area contributed by atoms with Gasteiger partial charge in [0.15, 0.2) is 0 Å². The van der Waals surface area contributed by atoms with Crippen LogP contribution < -0.4 is 17.0 Å². The normalized spacial score (nSPS) is 12.7. The monoisotopic (exact) mass is 254 g/mol. The molecule has 0 aliphatic rings. The van der Waals surface area contributed by atoms with E-state index in [9.17, 15) is 4.79 Å². The van der Waals surface area contributed by atoms with Crippen molar-refractivity contribution in [1.82, 2.24) is 19.6 Å². The Bertz CT molecular complexity index is 725. The number of hydrogen-bond donors (Lipinski definition) is 2. The summed E-state index contributed by atoms with van der Waals surface area (Å²) in [4.78, 5) is 19.7. The van der Waals surface area contributed by atoms with Gasteiger partial charge in [-0.25, -0.2) is 9.97 Å². The predicted octanol–water partition coefficient (Wildman–Crippen LogP) is -0.321. The molecular formula is C12H13BN5O. The minimum Gasteiger partial charge on any atom is -0.399 e. The standard InChI is InChI=1S/C12H13BN5O/c1-3-9(14)5-4-8(2)13-11-16-12-15-7-6-10(19)18(12)17-11/h3-7H,1,14H2,2H3,(H,15,16,17)/b8-4+,9-5+. The third kappa shape index (κ3) is 3.01. The molecule has 19 heavy (non-hydrogen) atoms. The van der Waals surface area contributed by atoms with Crippen molar-refractivity contribution in [2.45, 2.75) is 6.92 Å². The quantitative estimate of drug-likeness (QED) is 0.578. The Hall–Kier alpha value is -2.57. The molecule has 0 atom stereocenters. The highest BCUT2D eigenvalue weighted by molar-refractivity contribution is 6.59. The van der Waals surface area contributed by atoms with Crippen LogP contribution in [0.3, 0.4) is 0 Å². The number of nitrogens with zero attached hydrogens (tertiary/aromatic N) is 3. The molecule has 0 bridgehead atoms. The summed E-state index contributed by atoms with van der Waals surface area (Å²) in [7, 11) is 1.79. The summed E-state index contributed by atoms with van der Waals surface area (Å²) >= 11 is 0. The summed E-state index contributed by atoms with van der Waals surface area (Å²) < 4.78 is 1.28. The molecular weight excluding hydrogens is 241 g/mol. The van der Waals surface area contributed by atoms with Gasteiger partial charge in [-0.2, -0.15) is 4.52 Å². The number of aromatic nitrogens is 4. The van der Waals surface area contributed by atoms with Crippen molar-refractivity contribution in [2.75, 3.05) is 0 Å². The van der Waals surface area contributed by atoms with E-state index in [4.69, 9.17) is 5.73 Å². The number of nitrogens with one attached hydrogen (secondary N) is 1. The van der Waals surface area contributed by atoms with Gasteiger partial charge < -0.3 is 5.73 Å². The summed E-state index contributed by atoms with van der Waals surface area (Å²) in [6.07, 6.45) is 6.57. The van der Waals surface area contributed by atoms with E-state index in [0.29, 0.717) is 17.2 Å². The van der Waals surface area contributed by atoms with Gasteiger partial charge in [0.1, 0.15) is 0 Å². The first-order valence-electron chi connectivity index (χ1n) is 5.65. The maximum atomic E-state index is 11.5. The molecule has 0 saturated carbocycles. The van der Waals surface area contributed by atoms with Crippen LogP contribution in [0.1, 0.15) is 6.92 Å². The molecule has 2 aromatic heterocycles. The number of allylic oxidation sites excluding steroid dienone is 4. The zero-order valence-corrected chi connectivity index (χ0v) is 10.5. The molecule has 1 radical (unpaired) electrons. The molecule has 0 fully saturated rings. The van der Waals surface area contributed by atoms with Gasteiger partial charge in [-0.1, -0.05) is 19.6 Å². The second-order valence-corrected chi connectivity index (χ2v) is 3.95. The van der Waals surface area contributed by atoms with Crippen molar-refractivity contribution in [3.8, 4) is 0 Å². The zero-order valence-electron chi connectivity index (χ0n) is 10.5. The van der Waals surface area contributed by atoms with Gasteiger partial charge in [0, 0.05) is 18.0 Å². The maximum absolute atomic E-state index is 11.5. The van der Waals surface area contributed by atoms with Gasteiger partial charge >= 0.3 is 0 Å². The topological polar surface area (TPSA) is 89.1 Å². The molecule has 2 aromatic rings. The van der Waals surface area contributed by atoms with E-state index in [-0.39, 0.29) is 5.56 Å². The Morgan fingerprint density at radius 1 is 1.58 bits per heavy atom. The van der Waals surface area contributed by atoms with Crippen molar-refractivity contribution in [3.05, 3.63) is 58.6 Å². The first-order valence-corrected chi connectivity index (χ1v) is 5.65. The first-order chi connectivity index (χ1) is 9.10. The highest BCUT2D eigenvalue weighted by Crippen LogP contribution is 1.93. The minimum atomic E-state index is -0.199. The second-order valence-electron chi connectivity index (χ2n) is 3.95. The Kier molecular flexibility index (Phi) is 3.65. The van der Waals surface area contributed by atoms with Crippen molar-refractivity contribution >= 4 is 18.8 Å². The molecule has 2 heterocycles. The molecule has 0 spiro atoms. The lowest BCUT2D eigenvalue weighted by molar-refractivity contribution is 0.908. The van der Waals surface area contributed by atoms with Crippen LogP contribution in [-0.2, 0) is 0 Å². The number of fused-ring (bicyclic) bond motifs is 1. The largest absolute Gasteiger partial charge is 0.399 e. The molecule has 3 N–H and O–H groups in total. The average Bonchev–Trinajstić information content (AvgIpc) is 2.80. The van der Waals surface area contributed by atoms with Crippen molar-refractivity contribution in [3.63, 3.8) is 0 Å². The van der Waals surface area contributed by atoms with Gasteiger partial charge in [-0.3, -0.25) is 9.89 Å². The van der Waals surface area contributed by atoms with E-state index in [1.165, 1.54) is 16.8 Å².